The fourth-order valence-electron chi connectivity index (χ4n) is 1.62. The first kappa shape index (κ1) is 12.9. The molecule has 0 radical (unpaired) electrons. The minimum absolute atomic E-state index is 0.183. The van der Waals surface area contributed by atoms with Crippen molar-refractivity contribution in [2.75, 3.05) is 12.8 Å². The van der Waals surface area contributed by atoms with Crippen LogP contribution in [0.1, 0.15) is 17.3 Å². The molecule has 6 heteroatoms. The van der Waals surface area contributed by atoms with Gasteiger partial charge in [-0.1, -0.05) is 0 Å². The number of nitrogens with one attached hydrogen (secondary N) is 1. The molecule has 0 unspecified atom stereocenters. The zero-order valence-corrected chi connectivity index (χ0v) is 10.9. The van der Waals surface area contributed by atoms with Crippen molar-refractivity contribution < 1.29 is 9.53 Å². The van der Waals surface area contributed by atoms with Crippen molar-refractivity contribution in [1.82, 2.24) is 15.1 Å². The van der Waals surface area contributed by atoms with Gasteiger partial charge in [-0.25, -0.2) is 0 Å². The normalized spacial score (nSPS) is 10.2. The number of hydrogen-bond donors (Lipinski definition) is 2. The second-order valence-electron chi connectivity index (χ2n) is 3.97. The molecule has 2 rings (SSSR count). The molecule has 0 saturated carbocycles. The standard InChI is InChI=1S/C13H16N4O2/c1-3-17-8-10(7-16-17)19-12-5-4-9(6-11(12)14)13(18)15-2/h4-8H,3,14H2,1-2H3,(H,15,18). The quantitative estimate of drug-likeness (QED) is 0.819. The van der Waals surface area contributed by atoms with Crippen LogP contribution in [-0.4, -0.2) is 22.7 Å². The number of benzene rings is 1. The van der Waals surface area contributed by atoms with Gasteiger partial charge in [0.15, 0.2) is 11.5 Å². The van der Waals surface area contributed by atoms with Crippen molar-refractivity contribution in [1.29, 1.82) is 0 Å². The summed E-state index contributed by atoms with van der Waals surface area (Å²) in [4.78, 5) is 11.5. The van der Waals surface area contributed by atoms with E-state index in [0.717, 1.165) is 6.54 Å². The number of carbonyl (C=O) groups is 1. The summed E-state index contributed by atoms with van der Waals surface area (Å²) in [6, 6.07) is 4.91. The molecule has 6 nitrogen and oxygen atoms in total. The zero-order chi connectivity index (χ0) is 13.8. The van der Waals surface area contributed by atoms with E-state index in [-0.39, 0.29) is 5.91 Å². The monoisotopic (exact) mass is 260 g/mol. The largest absolute Gasteiger partial charge is 0.452 e. The van der Waals surface area contributed by atoms with Crippen molar-refractivity contribution in [3.05, 3.63) is 36.2 Å². The first-order valence-corrected chi connectivity index (χ1v) is 5.96. The van der Waals surface area contributed by atoms with Gasteiger partial charge in [0.1, 0.15) is 0 Å². The number of rotatable bonds is 4. The van der Waals surface area contributed by atoms with Crippen LogP contribution >= 0.6 is 0 Å². The summed E-state index contributed by atoms with van der Waals surface area (Å²) < 4.78 is 7.37. The van der Waals surface area contributed by atoms with Crippen LogP contribution in [0.25, 0.3) is 0 Å². The Morgan fingerprint density at radius 1 is 1.53 bits per heavy atom. The zero-order valence-electron chi connectivity index (χ0n) is 10.9. The molecule has 0 aliphatic heterocycles. The molecule has 1 aromatic heterocycles. The highest BCUT2D eigenvalue weighted by atomic mass is 16.5. The maximum Gasteiger partial charge on any atom is 0.251 e. The van der Waals surface area contributed by atoms with E-state index in [1.807, 2.05) is 6.92 Å². The lowest BCUT2D eigenvalue weighted by molar-refractivity contribution is 0.0963. The van der Waals surface area contributed by atoms with Gasteiger partial charge in [-0.15, -0.1) is 0 Å². The van der Waals surface area contributed by atoms with E-state index in [1.54, 1.807) is 42.3 Å². The fourth-order valence-corrected chi connectivity index (χ4v) is 1.62. The van der Waals surface area contributed by atoms with Gasteiger partial charge >= 0.3 is 0 Å². The summed E-state index contributed by atoms with van der Waals surface area (Å²) in [6.45, 7) is 2.76. The molecular weight excluding hydrogens is 244 g/mol. The van der Waals surface area contributed by atoms with Crippen LogP contribution in [-0.2, 0) is 6.54 Å². The Kier molecular flexibility index (Phi) is 3.70. The minimum atomic E-state index is -0.183. The third-order valence-corrected chi connectivity index (χ3v) is 2.66. The van der Waals surface area contributed by atoms with Crippen molar-refractivity contribution in [3.8, 4) is 11.5 Å². The molecule has 0 atom stereocenters. The molecule has 2 aromatic rings. The predicted octanol–water partition coefficient (Wildman–Crippen LogP) is 1.64. The lowest BCUT2D eigenvalue weighted by Gasteiger charge is -2.08. The average Bonchev–Trinajstić information content (AvgIpc) is 2.88. The number of hydrogen-bond acceptors (Lipinski definition) is 4. The van der Waals surface area contributed by atoms with Gasteiger partial charge in [-0.05, 0) is 25.1 Å². The van der Waals surface area contributed by atoms with Crippen LogP contribution in [0.3, 0.4) is 0 Å². The van der Waals surface area contributed by atoms with E-state index >= 15 is 0 Å². The van der Waals surface area contributed by atoms with Crippen molar-refractivity contribution >= 4 is 11.6 Å². The summed E-state index contributed by atoms with van der Waals surface area (Å²) in [7, 11) is 1.57. The maximum atomic E-state index is 11.5. The van der Waals surface area contributed by atoms with Gasteiger partial charge in [0.2, 0.25) is 0 Å². The number of nitrogen functional groups attached to an aromatic ring is 1. The molecule has 0 fully saturated rings. The van der Waals surface area contributed by atoms with Gasteiger partial charge < -0.3 is 15.8 Å². The van der Waals surface area contributed by atoms with Gasteiger partial charge in [0, 0.05) is 19.2 Å². The van der Waals surface area contributed by atoms with Crippen molar-refractivity contribution in [2.24, 2.45) is 0 Å². The first-order valence-electron chi connectivity index (χ1n) is 5.96. The maximum absolute atomic E-state index is 11.5. The van der Waals surface area contributed by atoms with E-state index in [1.165, 1.54) is 0 Å². The number of amides is 1. The second-order valence-corrected chi connectivity index (χ2v) is 3.97. The van der Waals surface area contributed by atoms with E-state index in [4.69, 9.17) is 10.5 Å². The molecule has 3 N–H and O–H groups in total. The SMILES string of the molecule is CCn1cc(Oc2ccc(C(=O)NC)cc2N)cn1. The van der Waals surface area contributed by atoms with Crippen LogP contribution in [0.5, 0.6) is 11.5 Å². The Labute approximate surface area is 111 Å². The number of nitrogens with two attached hydrogens (primary N) is 1. The summed E-state index contributed by atoms with van der Waals surface area (Å²) in [5.41, 5.74) is 6.77. The molecule has 0 aliphatic rings. The lowest BCUT2D eigenvalue weighted by atomic mass is 10.2. The summed E-state index contributed by atoms with van der Waals surface area (Å²) in [5, 5.41) is 6.65. The Balaban J connectivity index is 2.19. The highest BCUT2D eigenvalue weighted by molar-refractivity contribution is 5.95. The number of aryl methyl sites for hydroxylation is 1. The molecule has 1 amide bonds. The number of carbonyl (C=O) groups excluding carboxylic acids is 1. The summed E-state index contributed by atoms with van der Waals surface area (Å²) in [5.74, 6) is 0.932. The molecule has 0 aliphatic carbocycles. The second kappa shape index (κ2) is 5.43. The molecule has 1 heterocycles. The van der Waals surface area contributed by atoms with Crippen LogP contribution < -0.4 is 15.8 Å². The van der Waals surface area contributed by atoms with E-state index < -0.39 is 0 Å². The van der Waals surface area contributed by atoms with Crippen LogP contribution in [0.4, 0.5) is 5.69 Å². The molecule has 1 aromatic carbocycles. The third kappa shape index (κ3) is 2.85. The van der Waals surface area contributed by atoms with Gasteiger partial charge in [-0.3, -0.25) is 9.48 Å². The number of nitrogens with zero attached hydrogens (tertiary/aromatic N) is 2. The topological polar surface area (TPSA) is 82.2 Å². The van der Waals surface area contributed by atoms with E-state index in [9.17, 15) is 4.79 Å². The Morgan fingerprint density at radius 3 is 2.89 bits per heavy atom. The number of anilines is 1. The molecule has 19 heavy (non-hydrogen) atoms. The molecule has 100 valence electrons. The highest BCUT2D eigenvalue weighted by Gasteiger charge is 2.08. The lowest BCUT2D eigenvalue weighted by Crippen LogP contribution is -2.17. The van der Waals surface area contributed by atoms with Crippen molar-refractivity contribution in [3.63, 3.8) is 0 Å². The molecule has 0 saturated heterocycles. The Bertz CT molecular complexity index is 592. The van der Waals surface area contributed by atoms with Crippen LogP contribution in [0, 0.1) is 0 Å². The first-order chi connectivity index (χ1) is 9.13. The van der Waals surface area contributed by atoms with Gasteiger partial charge in [0.05, 0.1) is 18.1 Å². The van der Waals surface area contributed by atoms with Crippen molar-refractivity contribution in [2.45, 2.75) is 13.5 Å². The number of ether oxygens (including phenoxy) is 1. The van der Waals surface area contributed by atoms with Gasteiger partial charge in [0.25, 0.3) is 5.91 Å². The van der Waals surface area contributed by atoms with Gasteiger partial charge in [-0.2, -0.15) is 5.10 Å². The Hall–Kier alpha value is -2.50. The predicted molar refractivity (Wildman–Crippen MR) is 72.2 cm³/mol. The van der Waals surface area contributed by atoms with Crippen LogP contribution in [0.15, 0.2) is 30.6 Å². The van der Waals surface area contributed by atoms with E-state index in [2.05, 4.69) is 10.4 Å². The Morgan fingerprint density at radius 2 is 2.32 bits per heavy atom. The molecule has 0 spiro atoms. The summed E-state index contributed by atoms with van der Waals surface area (Å²) >= 11 is 0. The minimum Gasteiger partial charge on any atom is -0.452 e. The van der Waals surface area contributed by atoms with Crippen LogP contribution in [0.2, 0.25) is 0 Å². The molecular formula is C13H16N4O2. The third-order valence-electron chi connectivity index (χ3n) is 2.66. The van der Waals surface area contributed by atoms with E-state index in [0.29, 0.717) is 22.7 Å². The summed E-state index contributed by atoms with van der Waals surface area (Å²) in [6.07, 6.45) is 3.40. The average molecular weight is 260 g/mol. The number of aromatic nitrogens is 2. The smallest absolute Gasteiger partial charge is 0.251 e. The molecule has 0 bridgehead atoms. The fraction of sp³-hybridized carbons (Fsp3) is 0.231. The highest BCUT2D eigenvalue weighted by Crippen LogP contribution is 2.27.